The van der Waals surface area contributed by atoms with Gasteiger partial charge in [0.2, 0.25) is 0 Å². The number of benzene rings is 2. The molecule has 0 aliphatic heterocycles. The van der Waals surface area contributed by atoms with Gasteiger partial charge in [0.25, 0.3) is 5.91 Å². The molecule has 0 fully saturated rings. The van der Waals surface area contributed by atoms with E-state index in [9.17, 15) is 9.18 Å². The minimum absolute atomic E-state index is 0.236. The van der Waals surface area contributed by atoms with Crippen LogP contribution in [0.2, 0.25) is 5.02 Å². The highest BCUT2D eigenvalue weighted by Gasteiger charge is 2.07. The quantitative estimate of drug-likeness (QED) is 0.711. The molecule has 0 bridgehead atoms. The van der Waals surface area contributed by atoms with E-state index in [4.69, 9.17) is 11.6 Å². The molecule has 0 radical (unpaired) electrons. The first-order chi connectivity index (χ1) is 11.6. The smallest absolute Gasteiger partial charge is 0.256 e. The summed E-state index contributed by atoms with van der Waals surface area (Å²) in [4.78, 5) is 16.2. The number of aromatic nitrogens is 1. The van der Waals surface area contributed by atoms with Crippen LogP contribution >= 0.6 is 11.6 Å². The summed E-state index contributed by atoms with van der Waals surface area (Å²) in [5.74, 6) is -0.496. The Morgan fingerprint density at radius 1 is 1.00 bits per heavy atom. The van der Waals surface area contributed by atoms with Crippen LogP contribution in [-0.4, -0.2) is 10.9 Å². The van der Waals surface area contributed by atoms with Crippen molar-refractivity contribution < 1.29 is 9.18 Å². The fourth-order valence-corrected chi connectivity index (χ4v) is 2.19. The minimum Gasteiger partial charge on any atom is -0.354 e. The Morgan fingerprint density at radius 2 is 1.75 bits per heavy atom. The predicted molar refractivity (Wildman–Crippen MR) is 93.3 cm³/mol. The second-order valence-electron chi connectivity index (χ2n) is 5.03. The number of nitrogens with one attached hydrogen (secondary N) is 2. The lowest BCUT2D eigenvalue weighted by molar-refractivity contribution is 0.102. The summed E-state index contributed by atoms with van der Waals surface area (Å²) in [6, 6.07) is 16.2. The van der Waals surface area contributed by atoms with Gasteiger partial charge >= 0.3 is 0 Å². The number of halogens is 2. The van der Waals surface area contributed by atoms with Crippen LogP contribution in [-0.2, 0) is 0 Å². The number of amides is 1. The summed E-state index contributed by atoms with van der Waals surface area (Å²) >= 11 is 5.84. The normalized spacial score (nSPS) is 10.2. The van der Waals surface area contributed by atoms with Gasteiger partial charge in [-0.05, 0) is 54.6 Å². The average Bonchev–Trinajstić information content (AvgIpc) is 2.59. The summed E-state index contributed by atoms with van der Waals surface area (Å²) in [6.45, 7) is 0. The van der Waals surface area contributed by atoms with Crippen molar-refractivity contribution in [2.24, 2.45) is 0 Å². The van der Waals surface area contributed by atoms with Crippen molar-refractivity contribution in [3.63, 3.8) is 0 Å². The van der Waals surface area contributed by atoms with Crippen LogP contribution in [0.25, 0.3) is 0 Å². The largest absolute Gasteiger partial charge is 0.354 e. The van der Waals surface area contributed by atoms with Crippen molar-refractivity contribution in [1.82, 2.24) is 4.98 Å². The topological polar surface area (TPSA) is 54.0 Å². The average molecular weight is 342 g/mol. The molecule has 1 amide bonds. The monoisotopic (exact) mass is 341 g/mol. The number of hydrogen-bond acceptors (Lipinski definition) is 3. The predicted octanol–water partition coefficient (Wildman–Crippen LogP) is 4.87. The summed E-state index contributed by atoms with van der Waals surface area (Å²) in [5.41, 5.74) is 1.87. The van der Waals surface area contributed by atoms with E-state index in [0.29, 0.717) is 10.8 Å². The van der Waals surface area contributed by atoms with Gasteiger partial charge in [-0.1, -0.05) is 17.7 Å². The van der Waals surface area contributed by atoms with Gasteiger partial charge in [-0.2, -0.15) is 0 Å². The number of pyridine rings is 1. The van der Waals surface area contributed by atoms with E-state index >= 15 is 0 Å². The second-order valence-corrected chi connectivity index (χ2v) is 5.46. The number of hydrogen-bond donors (Lipinski definition) is 2. The molecule has 24 heavy (non-hydrogen) atoms. The number of anilines is 3. The lowest BCUT2D eigenvalue weighted by atomic mass is 10.2. The first-order valence-electron chi connectivity index (χ1n) is 7.16. The fraction of sp³-hybridized carbons (Fsp3) is 0. The van der Waals surface area contributed by atoms with Crippen LogP contribution in [0.3, 0.4) is 0 Å². The third kappa shape index (κ3) is 4.08. The van der Waals surface area contributed by atoms with Crippen LogP contribution in [0, 0.1) is 5.82 Å². The molecule has 0 atom stereocenters. The Bertz CT molecular complexity index is 851. The summed E-state index contributed by atoms with van der Waals surface area (Å²) < 4.78 is 13.1. The van der Waals surface area contributed by atoms with Crippen molar-refractivity contribution >= 4 is 34.7 Å². The Balaban J connectivity index is 1.66. The number of nitrogens with zero attached hydrogens (tertiary/aromatic N) is 1. The minimum atomic E-state index is -0.460. The van der Waals surface area contributed by atoms with Gasteiger partial charge in [-0.3, -0.25) is 4.79 Å². The number of carbonyl (C=O) groups excluding carboxylic acids is 1. The zero-order valence-electron chi connectivity index (χ0n) is 12.5. The maximum absolute atomic E-state index is 13.1. The Labute approximate surface area is 143 Å². The highest BCUT2D eigenvalue weighted by molar-refractivity contribution is 6.30. The Kier molecular flexibility index (Phi) is 4.72. The van der Waals surface area contributed by atoms with Gasteiger partial charge in [0.05, 0.1) is 11.9 Å². The van der Waals surface area contributed by atoms with E-state index in [1.54, 1.807) is 30.5 Å². The van der Waals surface area contributed by atoms with Crippen molar-refractivity contribution in [3.05, 3.63) is 83.3 Å². The van der Waals surface area contributed by atoms with Gasteiger partial charge in [0.15, 0.2) is 0 Å². The molecule has 2 N–H and O–H groups in total. The first kappa shape index (κ1) is 16.0. The zero-order valence-corrected chi connectivity index (χ0v) is 13.2. The highest BCUT2D eigenvalue weighted by atomic mass is 35.5. The van der Waals surface area contributed by atoms with Gasteiger partial charge < -0.3 is 10.6 Å². The van der Waals surface area contributed by atoms with Gasteiger partial charge in [-0.25, -0.2) is 9.37 Å². The van der Waals surface area contributed by atoms with Crippen LogP contribution in [0.5, 0.6) is 0 Å². The van der Waals surface area contributed by atoms with Crippen molar-refractivity contribution in [1.29, 1.82) is 0 Å². The van der Waals surface area contributed by atoms with E-state index < -0.39 is 11.7 Å². The van der Waals surface area contributed by atoms with Gasteiger partial charge in [0.1, 0.15) is 11.6 Å². The van der Waals surface area contributed by atoms with E-state index in [-0.39, 0.29) is 5.56 Å². The third-order valence-electron chi connectivity index (χ3n) is 3.22. The Hall–Kier alpha value is -2.92. The van der Waals surface area contributed by atoms with Crippen LogP contribution < -0.4 is 10.6 Å². The molecule has 6 heteroatoms. The van der Waals surface area contributed by atoms with Crippen LogP contribution in [0.1, 0.15) is 10.4 Å². The van der Waals surface area contributed by atoms with E-state index in [2.05, 4.69) is 15.6 Å². The maximum Gasteiger partial charge on any atom is 0.256 e. The maximum atomic E-state index is 13.1. The number of carbonyl (C=O) groups is 1. The summed E-state index contributed by atoms with van der Waals surface area (Å²) in [7, 11) is 0. The third-order valence-corrected chi connectivity index (χ3v) is 3.48. The summed E-state index contributed by atoms with van der Waals surface area (Å²) in [5, 5.41) is 6.45. The van der Waals surface area contributed by atoms with Gasteiger partial charge in [0, 0.05) is 16.3 Å². The molecule has 0 aliphatic carbocycles. The molecular weight excluding hydrogens is 329 g/mol. The first-order valence-corrected chi connectivity index (χ1v) is 7.53. The molecule has 3 aromatic rings. The van der Waals surface area contributed by atoms with E-state index in [1.807, 2.05) is 12.1 Å². The van der Waals surface area contributed by atoms with E-state index in [1.165, 1.54) is 24.3 Å². The lowest BCUT2D eigenvalue weighted by Gasteiger charge is -2.08. The molecule has 0 saturated carbocycles. The highest BCUT2D eigenvalue weighted by Crippen LogP contribution is 2.19. The molecule has 1 heterocycles. The van der Waals surface area contributed by atoms with Crippen LogP contribution in [0.4, 0.5) is 21.6 Å². The molecule has 120 valence electrons. The van der Waals surface area contributed by atoms with Crippen LogP contribution in [0.15, 0.2) is 66.9 Å². The SMILES string of the molecule is O=C(Nc1ccc(Nc2ccc(Cl)cc2)cn1)c1cccc(F)c1. The molecule has 2 aromatic carbocycles. The molecule has 0 spiro atoms. The van der Waals surface area contributed by atoms with Crippen molar-refractivity contribution in [2.75, 3.05) is 10.6 Å². The molecule has 0 aliphatic rings. The Morgan fingerprint density at radius 3 is 2.42 bits per heavy atom. The molecular formula is C18H13ClFN3O. The van der Waals surface area contributed by atoms with E-state index in [0.717, 1.165) is 11.4 Å². The van der Waals surface area contributed by atoms with Crippen molar-refractivity contribution in [2.45, 2.75) is 0 Å². The number of rotatable bonds is 4. The lowest BCUT2D eigenvalue weighted by Crippen LogP contribution is -2.13. The zero-order chi connectivity index (χ0) is 16.9. The van der Waals surface area contributed by atoms with Crippen molar-refractivity contribution in [3.8, 4) is 0 Å². The molecule has 0 unspecified atom stereocenters. The molecule has 3 rings (SSSR count). The standard InChI is InChI=1S/C18H13ClFN3O/c19-13-4-6-15(7-5-13)22-16-8-9-17(21-11-16)23-18(24)12-2-1-3-14(20)10-12/h1-11,22H,(H,21,23,24). The molecule has 4 nitrogen and oxygen atoms in total. The second kappa shape index (κ2) is 7.10. The molecule has 1 aromatic heterocycles. The van der Waals surface area contributed by atoms with Gasteiger partial charge in [-0.15, -0.1) is 0 Å². The summed E-state index contributed by atoms with van der Waals surface area (Å²) in [6.07, 6.45) is 1.59. The fourth-order valence-electron chi connectivity index (χ4n) is 2.06. The molecule has 0 saturated heterocycles.